The number of carbonyl (C=O) groups is 2. The second-order valence-corrected chi connectivity index (χ2v) is 5.32. The van der Waals surface area contributed by atoms with Crippen LogP contribution in [0.1, 0.15) is 32.4 Å². The summed E-state index contributed by atoms with van der Waals surface area (Å²) >= 11 is 5.86. The van der Waals surface area contributed by atoms with Crippen LogP contribution in [0.3, 0.4) is 0 Å². The van der Waals surface area contributed by atoms with E-state index in [1.54, 1.807) is 30.9 Å². The van der Waals surface area contributed by atoms with Crippen molar-refractivity contribution < 1.29 is 9.59 Å². The fraction of sp³-hybridized carbons (Fsp3) is 0.429. The second-order valence-electron chi connectivity index (χ2n) is 4.88. The van der Waals surface area contributed by atoms with Crippen molar-refractivity contribution in [1.82, 2.24) is 10.2 Å². The molecule has 0 aliphatic carbocycles. The number of hydrogen-bond donors (Lipinski definition) is 1. The fourth-order valence-corrected chi connectivity index (χ4v) is 2.49. The lowest BCUT2D eigenvalue weighted by Crippen LogP contribution is -2.61. The minimum Gasteiger partial charge on any atom is -0.343 e. The molecular formula is C14H17ClN2O2. The number of benzene rings is 1. The van der Waals surface area contributed by atoms with E-state index in [1.807, 2.05) is 19.1 Å². The van der Waals surface area contributed by atoms with Gasteiger partial charge in [-0.05, 0) is 38.5 Å². The molecule has 2 amide bonds. The van der Waals surface area contributed by atoms with Crippen LogP contribution in [0, 0.1) is 0 Å². The van der Waals surface area contributed by atoms with Gasteiger partial charge in [0, 0.05) is 5.02 Å². The molecule has 1 saturated heterocycles. The molecule has 1 aliphatic rings. The molecule has 102 valence electrons. The molecule has 1 aromatic carbocycles. The quantitative estimate of drug-likeness (QED) is 0.902. The van der Waals surface area contributed by atoms with Crippen LogP contribution in [-0.4, -0.2) is 28.8 Å². The zero-order valence-electron chi connectivity index (χ0n) is 11.2. The molecule has 3 unspecified atom stereocenters. The molecule has 1 fully saturated rings. The number of rotatable bonds is 2. The lowest BCUT2D eigenvalue weighted by molar-refractivity contribution is -0.150. The normalized spacial score (nSPS) is 25.2. The van der Waals surface area contributed by atoms with Gasteiger partial charge in [-0.3, -0.25) is 9.59 Å². The lowest BCUT2D eigenvalue weighted by Gasteiger charge is -2.40. The summed E-state index contributed by atoms with van der Waals surface area (Å²) in [6, 6.07) is 6.24. The van der Waals surface area contributed by atoms with E-state index >= 15 is 0 Å². The summed E-state index contributed by atoms with van der Waals surface area (Å²) in [5, 5.41) is 3.33. The van der Waals surface area contributed by atoms with Crippen LogP contribution in [-0.2, 0) is 9.59 Å². The number of carbonyl (C=O) groups excluding carboxylic acids is 2. The highest BCUT2D eigenvalue weighted by Gasteiger charge is 2.38. The first kappa shape index (κ1) is 13.9. The van der Waals surface area contributed by atoms with E-state index in [1.165, 1.54) is 0 Å². The molecule has 0 saturated carbocycles. The maximum absolute atomic E-state index is 12.2. The third-order valence-electron chi connectivity index (χ3n) is 3.55. The summed E-state index contributed by atoms with van der Waals surface area (Å²) in [5.74, 6) is -0.178. The Labute approximate surface area is 117 Å². The van der Waals surface area contributed by atoms with E-state index in [0.29, 0.717) is 5.02 Å². The van der Waals surface area contributed by atoms with Gasteiger partial charge >= 0.3 is 0 Å². The van der Waals surface area contributed by atoms with Crippen molar-refractivity contribution in [3.63, 3.8) is 0 Å². The smallest absolute Gasteiger partial charge is 0.246 e. The van der Waals surface area contributed by atoms with Crippen molar-refractivity contribution in [2.75, 3.05) is 0 Å². The fourth-order valence-electron chi connectivity index (χ4n) is 2.36. The van der Waals surface area contributed by atoms with Crippen LogP contribution < -0.4 is 5.32 Å². The van der Waals surface area contributed by atoms with Gasteiger partial charge in [-0.25, -0.2) is 0 Å². The van der Waals surface area contributed by atoms with Crippen LogP contribution in [0.4, 0.5) is 0 Å². The molecule has 4 nitrogen and oxygen atoms in total. The molecule has 1 heterocycles. The van der Waals surface area contributed by atoms with Crippen LogP contribution >= 0.6 is 11.6 Å². The Balaban J connectivity index is 2.30. The topological polar surface area (TPSA) is 49.4 Å². The van der Waals surface area contributed by atoms with E-state index in [-0.39, 0.29) is 17.9 Å². The van der Waals surface area contributed by atoms with E-state index < -0.39 is 12.1 Å². The third-order valence-corrected chi connectivity index (χ3v) is 3.80. The number of amides is 2. The maximum atomic E-state index is 12.2. The zero-order chi connectivity index (χ0) is 14.2. The van der Waals surface area contributed by atoms with Gasteiger partial charge in [0.25, 0.3) is 0 Å². The minimum atomic E-state index is -0.474. The summed E-state index contributed by atoms with van der Waals surface area (Å²) in [4.78, 5) is 25.7. The minimum absolute atomic E-state index is 0.0606. The highest BCUT2D eigenvalue weighted by atomic mass is 35.5. The first-order valence-corrected chi connectivity index (χ1v) is 6.67. The first-order valence-electron chi connectivity index (χ1n) is 6.30. The van der Waals surface area contributed by atoms with Crippen molar-refractivity contribution in [2.45, 2.75) is 38.9 Å². The Morgan fingerprint density at radius 1 is 1.21 bits per heavy atom. The predicted octanol–water partition coefficient (Wildman–Crippen LogP) is 2.14. The Hall–Kier alpha value is -1.55. The number of nitrogens with one attached hydrogen (secondary N) is 1. The van der Waals surface area contributed by atoms with Gasteiger partial charge in [-0.15, -0.1) is 0 Å². The second kappa shape index (κ2) is 5.21. The zero-order valence-corrected chi connectivity index (χ0v) is 11.9. The van der Waals surface area contributed by atoms with E-state index in [9.17, 15) is 9.59 Å². The summed E-state index contributed by atoms with van der Waals surface area (Å²) in [7, 11) is 0. The number of halogens is 1. The van der Waals surface area contributed by atoms with Gasteiger partial charge in [-0.1, -0.05) is 23.7 Å². The molecule has 0 spiro atoms. The molecule has 5 heteroatoms. The van der Waals surface area contributed by atoms with Crippen LogP contribution in [0.15, 0.2) is 24.3 Å². The monoisotopic (exact) mass is 280 g/mol. The van der Waals surface area contributed by atoms with Crippen LogP contribution in [0.5, 0.6) is 0 Å². The van der Waals surface area contributed by atoms with Gasteiger partial charge in [0.15, 0.2) is 0 Å². The van der Waals surface area contributed by atoms with Gasteiger partial charge in [0.2, 0.25) is 11.8 Å². The van der Waals surface area contributed by atoms with E-state index in [4.69, 9.17) is 11.6 Å². The van der Waals surface area contributed by atoms with Gasteiger partial charge in [0.05, 0.1) is 6.04 Å². The molecule has 3 atom stereocenters. The standard InChI is InChI=1S/C14H17ClN2O2/c1-8-14(19)17(10(3)13(18)16-8)9(2)11-4-6-12(15)7-5-11/h4-10H,1-3H3,(H,16,18). The predicted molar refractivity (Wildman–Crippen MR) is 73.8 cm³/mol. The van der Waals surface area contributed by atoms with Crippen molar-refractivity contribution in [3.05, 3.63) is 34.9 Å². The average Bonchev–Trinajstić information content (AvgIpc) is 2.37. The maximum Gasteiger partial charge on any atom is 0.246 e. The largest absolute Gasteiger partial charge is 0.343 e. The van der Waals surface area contributed by atoms with Gasteiger partial charge in [-0.2, -0.15) is 0 Å². The van der Waals surface area contributed by atoms with E-state index in [0.717, 1.165) is 5.56 Å². The molecule has 1 aromatic rings. The van der Waals surface area contributed by atoms with Gasteiger partial charge < -0.3 is 10.2 Å². The number of nitrogens with zero attached hydrogens (tertiary/aromatic N) is 1. The average molecular weight is 281 g/mol. The molecule has 0 bridgehead atoms. The summed E-state index contributed by atoms with van der Waals surface area (Å²) in [5.41, 5.74) is 0.964. The number of hydrogen-bond acceptors (Lipinski definition) is 2. The molecule has 1 aliphatic heterocycles. The highest BCUT2D eigenvalue weighted by molar-refractivity contribution is 6.30. The molecule has 1 N–H and O–H groups in total. The lowest BCUT2D eigenvalue weighted by atomic mass is 10.0. The Morgan fingerprint density at radius 3 is 2.37 bits per heavy atom. The molecule has 2 rings (SSSR count). The number of piperazine rings is 1. The molecule has 0 radical (unpaired) electrons. The molecule has 0 aromatic heterocycles. The van der Waals surface area contributed by atoms with Crippen molar-refractivity contribution in [3.8, 4) is 0 Å². The summed E-state index contributed by atoms with van der Waals surface area (Å²) < 4.78 is 0. The Morgan fingerprint density at radius 2 is 1.79 bits per heavy atom. The van der Waals surface area contributed by atoms with Crippen LogP contribution in [0.2, 0.25) is 5.02 Å². The summed E-state index contributed by atoms with van der Waals surface area (Å²) in [6.07, 6.45) is 0. The Kier molecular flexibility index (Phi) is 3.80. The summed E-state index contributed by atoms with van der Waals surface area (Å²) in [6.45, 7) is 5.36. The Bertz CT molecular complexity index is 501. The van der Waals surface area contributed by atoms with Crippen molar-refractivity contribution in [2.24, 2.45) is 0 Å². The van der Waals surface area contributed by atoms with Gasteiger partial charge in [0.1, 0.15) is 12.1 Å². The van der Waals surface area contributed by atoms with Crippen molar-refractivity contribution >= 4 is 23.4 Å². The first-order chi connectivity index (χ1) is 8.91. The SMILES string of the molecule is CC1NC(=O)C(C)N(C(C)c2ccc(Cl)cc2)C1=O. The van der Waals surface area contributed by atoms with E-state index in [2.05, 4.69) is 5.32 Å². The molecular weight excluding hydrogens is 264 g/mol. The molecule has 19 heavy (non-hydrogen) atoms. The van der Waals surface area contributed by atoms with Crippen molar-refractivity contribution in [1.29, 1.82) is 0 Å². The van der Waals surface area contributed by atoms with Crippen LogP contribution in [0.25, 0.3) is 0 Å². The highest BCUT2D eigenvalue weighted by Crippen LogP contribution is 2.26. The third kappa shape index (κ3) is 2.59.